The molecule has 2 aromatic carbocycles. The molecule has 0 aromatic heterocycles. The number of guanidine groups is 1. The smallest absolute Gasteiger partial charge is 0.193 e. The van der Waals surface area contributed by atoms with Gasteiger partial charge in [0, 0.05) is 11.3 Å². The first-order valence-electron chi connectivity index (χ1n) is 7.55. The van der Waals surface area contributed by atoms with Gasteiger partial charge in [-0.2, -0.15) is 0 Å². The number of rotatable bonds is 6. The Morgan fingerprint density at radius 3 is 2.54 bits per heavy atom. The summed E-state index contributed by atoms with van der Waals surface area (Å²) >= 11 is 0. The molecule has 0 aliphatic rings. The van der Waals surface area contributed by atoms with Gasteiger partial charge in [-0.3, -0.25) is 0 Å². The quantitative estimate of drug-likeness (QED) is 0.305. The molecule has 3 N–H and O–H groups in total. The summed E-state index contributed by atoms with van der Waals surface area (Å²) in [6.45, 7) is 8.69. The molecule has 0 heterocycles. The lowest BCUT2D eigenvalue weighted by Gasteiger charge is -2.10. The van der Waals surface area contributed by atoms with Crippen molar-refractivity contribution in [2.24, 2.45) is 10.7 Å². The lowest BCUT2D eigenvalue weighted by molar-refractivity contribution is 0.359. The summed E-state index contributed by atoms with van der Waals surface area (Å²) in [7, 11) is 0. The number of anilines is 1. The van der Waals surface area contributed by atoms with Crippen molar-refractivity contribution < 1.29 is 4.74 Å². The second kappa shape index (κ2) is 9.97. The highest BCUT2D eigenvalue weighted by molar-refractivity contribution is 14.0. The van der Waals surface area contributed by atoms with Gasteiger partial charge in [-0.25, -0.2) is 4.99 Å². The standard InChI is InChI=1S/C19H23N3O.HI/c1-4-9-23-18-8-6-5-7-16(18)13-21-19(20)22-17-11-14(2)10-15(3)12-17;/h4-8,10-12H,1,9,13H2,2-3H3,(H3,20,21,22);1H. The van der Waals surface area contributed by atoms with Gasteiger partial charge in [0.1, 0.15) is 12.4 Å². The number of aliphatic imine (C=N–C) groups is 1. The first kappa shape index (κ1) is 20.0. The van der Waals surface area contributed by atoms with Crippen molar-refractivity contribution in [1.29, 1.82) is 0 Å². The van der Waals surface area contributed by atoms with Gasteiger partial charge in [0.15, 0.2) is 5.96 Å². The average molecular weight is 437 g/mol. The third kappa shape index (κ3) is 6.23. The number of halogens is 1. The van der Waals surface area contributed by atoms with Crippen LogP contribution in [0.3, 0.4) is 0 Å². The van der Waals surface area contributed by atoms with Crippen LogP contribution >= 0.6 is 24.0 Å². The highest BCUT2D eigenvalue weighted by Crippen LogP contribution is 2.19. The Bertz CT molecular complexity index is 693. The Balaban J connectivity index is 0.00000288. The van der Waals surface area contributed by atoms with Crippen LogP contribution in [-0.2, 0) is 6.54 Å². The first-order chi connectivity index (χ1) is 11.1. The van der Waals surface area contributed by atoms with Crippen LogP contribution in [0.5, 0.6) is 5.75 Å². The zero-order valence-corrected chi connectivity index (χ0v) is 16.4. The second-order valence-electron chi connectivity index (χ2n) is 5.41. The lowest BCUT2D eigenvalue weighted by atomic mass is 10.1. The van der Waals surface area contributed by atoms with Crippen molar-refractivity contribution in [1.82, 2.24) is 0 Å². The van der Waals surface area contributed by atoms with Gasteiger partial charge < -0.3 is 15.8 Å². The summed E-state index contributed by atoms with van der Waals surface area (Å²) in [5.74, 6) is 1.18. The maximum Gasteiger partial charge on any atom is 0.193 e. The van der Waals surface area contributed by atoms with Crippen LogP contribution in [-0.4, -0.2) is 12.6 Å². The minimum atomic E-state index is 0. The Morgan fingerprint density at radius 2 is 1.88 bits per heavy atom. The predicted molar refractivity (Wildman–Crippen MR) is 112 cm³/mol. The van der Waals surface area contributed by atoms with Crippen LogP contribution in [0.1, 0.15) is 16.7 Å². The minimum Gasteiger partial charge on any atom is -0.489 e. The molecule has 0 atom stereocenters. The predicted octanol–water partition coefficient (Wildman–Crippen LogP) is 4.41. The molecule has 0 aliphatic carbocycles. The van der Waals surface area contributed by atoms with E-state index in [0.29, 0.717) is 19.1 Å². The number of aryl methyl sites for hydroxylation is 2. The van der Waals surface area contributed by atoms with Gasteiger partial charge in [-0.15, -0.1) is 24.0 Å². The number of hydrogen-bond donors (Lipinski definition) is 2. The number of para-hydroxylation sites is 1. The summed E-state index contributed by atoms with van der Waals surface area (Å²) in [5.41, 5.74) is 10.3. The van der Waals surface area contributed by atoms with E-state index in [1.165, 1.54) is 11.1 Å². The molecule has 128 valence electrons. The molecule has 0 aliphatic heterocycles. The van der Waals surface area contributed by atoms with Gasteiger partial charge in [0.05, 0.1) is 6.54 Å². The number of nitrogens with one attached hydrogen (secondary N) is 1. The van der Waals surface area contributed by atoms with E-state index in [4.69, 9.17) is 10.5 Å². The van der Waals surface area contributed by atoms with Crippen LogP contribution in [0.2, 0.25) is 0 Å². The maximum absolute atomic E-state index is 5.99. The third-order valence-electron chi connectivity index (χ3n) is 3.24. The zero-order valence-electron chi connectivity index (χ0n) is 14.1. The number of hydrogen-bond acceptors (Lipinski definition) is 2. The number of ether oxygens (including phenoxy) is 1. The largest absolute Gasteiger partial charge is 0.489 e. The van der Waals surface area contributed by atoms with Crippen LogP contribution in [0.15, 0.2) is 60.1 Å². The number of nitrogens with zero attached hydrogens (tertiary/aromatic N) is 1. The van der Waals surface area contributed by atoms with E-state index in [9.17, 15) is 0 Å². The zero-order chi connectivity index (χ0) is 16.7. The summed E-state index contributed by atoms with van der Waals surface area (Å²) < 4.78 is 5.62. The Hall–Kier alpha value is -2.02. The molecule has 0 bridgehead atoms. The SMILES string of the molecule is C=CCOc1ccccc1CN=C(N)Nc1cc(C)cc(C)c1.I. The fourth-order valence-electron chi connectivity index (χ4n) is 2.33. The molecule has 0 saturated heterocycles. The van der Waals surface area contributed by atoms with E-state index in [1.807, 2.05) is 36.4 Å². The van der Waals surface area contributed by atoms with E-state index in [-0.39, 0.29) is 24.0 Å². The van der Waals surface area contributed by atoms with Crippen LogP contribution in [0.25, 0.3) is 0 Å². The van der Waals surface area contributed by atoms with E-state index in [0.717, 1.165) is 17.0 Å². The topological polar surface area (TPSA) is 59.6 Å². The minimum absolute atomic E-state index is 0. The van der Waals surface area contributed by atoms with Gasteiger partial charge in [0.2, 0.25) is 0 Å². The van der Waals surface area contributed by atoms with Gasteiger partial charge in [0.25, 0.3) is 0 Å². The van der Waals surface area contributed by atoms with Crippen molar-refractivity contribution >= 4 is 35.6 Å². The normalized spacial score (nSPS) is 10.7. The average Bonchev–Trinajstić information content (AvgIpc) is 2.50. The first-order valence-corrected chi connectivity index (χ1v) is 7.55. The van der Waals surface area contributed by atoms with E-state index in [1.54, 1.807) is 6.08 Å². The fourth-order valence-corrected chi connectivity index (χ4v) is 2.33. The Kier molecular flexibility index (Phi) is 8.32. The van der Waals surface area contributed by atoms with Crippen molar-refractivity contribution in [3.8, 4) is 5.75 Å². The van der Waals surface area contributed by atoms with Crippen LogP contribution < -0.4 is 15.8 Å². The molecule has 0 radical (unpaired) electrons. The second-order valence-corrected chi connectivity index (χ2v) is 5.41. The van der Waals surface area contributed by atoms with Crippen LogP contribution in [0, 0.1) is 13.8 Å². The van der Waals surface area contributed by atoms with Gasteiger partial charge >= 0.3 is 0 Å². The summed E-state index contributed by atoms with van der Waals surface area (Å²) in [5, 5.41) is 3.13. The number of benzene rings is 2. The molecule has 0 unspecified atom stereocenters. The molecule has 4 nitrogen and oxygen atoms in total. The lowest BCUT2D eigenvalue weighted by Crippen LogP contribution is -2.22. The molecule has 24 heavy (non-hydrogen) atoms. The molecule has 0 spiro atoms. The molecular formula is C19H24IN3O. The third-order valence-corrected chi connectivity index (χ3v) is 3.24. The van der Waals surface area contributed by atoms with Crippen molar-refractivity contribution in [3.63, 3.8) is 0 Å². The van der Waals surface area contributed by atoms with E-state index in [2.05, 4.69) is 36.8 Å². The Labute approximate surface area is 160 Å². The molecule has 0 fully saturated rings. The van der Waals surface area contributed by atoms with Crippen molar-refractivity contribution in [2.75, 3.05) is 11.9 Å². The molecule has 2 aromatic rings. The highest BCUT2D eigenvalue weighted by atomic mass is 127. The molecule has 2 rings (SSSR count). The summed E-state index contributed by atoms with van der Waals surface area (Å²) in [6, 6.07) is 14.0. The van der Waals surface area contributed by atoms with Gasteiger partial charge in [-0.05, 0) is 43.2 Å². The van der Waals surface area contributed by atoms with Gasteiger partial charge in [-0.1, -0.05) is 36.9 Å². The van der Waals surface area contributed by atoms with Crippen LogP contribution in [0.4, 0.5) is 5.69 Å². The fraction of sp³-hybridized carbons (Fsp3) is 0.211. The Morgan fingerprint density at radius 1 is 1.21 bits per heavy atom. The maximum atomic E-state index is 5.99. The van der Waals surface area contributed by atoms with E-state index >= 15 is 0 Å². The molecule has 5 heteroatoms. The van der Waals surface area contributed by atoms with Crippen molar-refractivity contribution in [3.05, 3.63) is 71.8 Å². The number of nitrogens with two attached hydrogens (primary N) is 1. The molecular weight excluding hydrogens is 413 g/mol. The molecule has 0 saturated carbocycles. The summed E-state index contributed by atoms with van der Waals surface area (Å²) in [4.78, 5) is 4.40. The van der Waals surface area contributed by atoms with E-state index < -0.39 is 0 Å². The van der Waals surface area contributed by atoms with Crippen molar-refractivity contribution in [2.45, 2.75) is 20.4 Å². The monoisotopic (exact) mass is 437 g/mol. The molecule has 0 amide bonds. The highest BCUT2D eigenvalue weighted by Gasteiger charge is 2.02. The summed E-state index contributed by atoms with van der Waals surface area (Å²) in [6.07, 6.45) is 1.72.